The first-order chi connectivity index (χ1) is 17.0. The van der Waals surface area contributed by atoms with Crippen molar-refractivity contribution in [3.05, 3.63) is 106 Å². The molecule has 2 aromatic heterocycles. The Kier molecular flexibility index (Phi) is 6.42. The van der Waals surface area contributed by atoms with Crippen LogP contribution in [0.4, 0.5) is 8.78 Å². The zero-order chi connectivity index (χ0) is 24.4. The average molecular weight is 487 g/mol. The van der Waals surface area contributed by atoms with E-state index in [1.807, 2.05) is 42.5 Å². The molecule has 2 heterocycles. The van der Waals surface area contributed by atoms with Gasteiger partial charge in [-0.05, 0) is 52.6 Å². The van der Waals surface area contributed by atoms with Gasteiger partial charge in [-0.15, -0.1) is 11.8 Å². The summed E-state index contributed by atoms with van der Waals surface area (Å²) in [4.78, 5) is 20.1. The van der Waals surface area contributed by atoms with Crippen LogP contribution in [-0.2, 0) is 4.79 Å². The minimum absolute atomic E-state index is 0.0732. The molecule has 1 aliphatic carbocycles. The van der Waals surface area contributed by atoms with Crippen molar-refractivity contribution in [2.75, 3.05) is 5.75 Å². The van der Waals surface area contributed by atoms with Crippen LogP contribution in [0.1, 0.15) is 45.3 Å². The fourth-order valence-corrected chi connectivity index (χ4v) is 5.30. The van der Waals surface area contributed by atoms with Crippen molar-refractivity contribution in [1.29, 1.82) is 0 Å². The van der Waals surface area contributed by atoms with Gasteiger partial charge in [0.25, 0.3) is 0 Å². The molecule has 0 radical (unpaired) electrons. The minimum Gasteiger partial charge on any atom is -0.481 e. The summed E-state index contributed by atoms with van der Waals surface area (Å²) in [6.07, 6.45) is 9.67. The zero-order valence-electron chi connectivity index (χ0n) is 18.5. The van der Waals surface area contributed by atoms with Gasteiger partial charge in [0.2, 0.25) is 0 Å². The van der Waals surface area contributed by atoms with Crippen LogP contribution < -0.4 is 0 Å². The molecule has 7 heteroatoms. The molecule has 1 aliphatic rings. The number of carbonyl (C=O) groups is 1. The van der Waals surface area contributed by atoms with Crippen molar-refractivity contribution in [3.63, 3.8) is 0 Å². The number of nitrogens with zero attached hydrogens (tertiary/aromatic N) is 2. The summed E-state index contributed by atoms with van der Waals surface area (Å²) in [6, 6.07) is 15.7. The third-order valence-electron chi connectivity index (χ3n) is 5.76. The second-order valence-electron chi connectivity index (χ2n) is 8.12. The number of rotatable bonds is 6. The van der Waals surface area contributed by atoms with Crippen molar-refractivity contribution in [2.45, 2.75) is 11.7 Å². The van der Waals surface area contributed by atoms with Crippen molar-refractivity contribution in [2.24, 2.45) is 0 Å². The Hall–Kier alpha value is -3.84. The van der Waals surface area contributed by atoms with Crippen LogP contribution >= 0.6 is 11.8 Å². The highest BCUT2D eigenvalue weighted by Crippen LogP contribution is 2.41. The molecular weight excluding hydrogens is 466 g/mol. The van der Waals surface area contributed by atoms with Crippen molar-refractivity contribution in [1.82, 2.24) is 9.97 Å². The quantitative estimate of drug-likeness (QED) is 0.323. The third-order valence-corrected chi connectivity index (χ3v) is 7.01. The van der Waals surface area contributed by atoms with Crippen LogP contribution in [0.25, 0.3) is 35.2 Å². The molecule has 2 aromatic carbocycles. The summed E-state index contributed by atoms with van der Waals surface area (Å²) in [6.45, 7) is 0. The zero-order valence-corrected chi connectivity index (χ0v) is 19.3. The Morgan fingerprint density at radius 3 is 2.69 bits per heavy atom. The molecule has 1 atom stereocenters. The number of hydrogen-bond donors (Lipinski definition) is 1. The van der Waals surface area contributed by atoms with Crippen LogP contribution in [0.15, 0.2) is 60.8 Å². The van der Waals surface area contributed by atoms with Gasteiger partial charge in [-0.25, -0.2) is 13.8 Å². The number of thioether (sulfide) groups is 1. The van der Waals surface area contributed by atoms with E-state index in [9.17, 15) is 13.6 Å². The number of hydrogen-bond acceptors (Lipinski definition) is 4. The number of benzene rings is 2. The summed E-state index contributed by atoms with van der Waals surface area (Å²) in [5.41, 5.74) is 5.97. The Labute approximate surface area is 205 Å². The number of halogens is 2. The van der Waals surface area contributed by atoms with Gasteiger partial charge < -0.3 is 5.11 Å². The topological polar surface area (TPSA) is 63.1 Å². The molecule has 0 saturated carbocycles. The Bertz CT molecular complexity index is 1500. The van der Waals surface area contributed by atoms with Gasteiger partial charge in [0.15, 0.2) is 11.6 Å². The number of fused-ring (bicyclic) bond motifs is 3. The Balaban J connectivity index is 1.48. The van der Waals surface area contributed by atoms with Gasteiger partial charge in [-0.1, -0.05) is 42.5 Å². The van der Waals surface area contributed by atoms with Crippen molar-refractivity contribution in [3.8, 4) is 0 Å². The van der Waals surface area contributed by atoms with Gasteiger partial charge in [0, 0.05) is 23.4 Å². The van der Waals surface area contributed by atoms with Gasteiger partial charge in [-0.3, -0.25) is 9.78 Å². The van der Waals surface area contributed by atoms with E-state index in [4.69, 9.17) is 5.11 Å². The molecule has 0 bridgehead atoms. The molecule has 1 unspecified atom stereocenters. The molecular formula is C28H20F2N2O2S. The van der Waals surface area contributed by atoms with Crippen LogP contribution in [-0.4, -0.2) is 26.8 Å². The Morgan fingerprint density at radius 1 is 1.00 bits per heavy atom. The molecule has 0 spiro atoms. The van der Waals surface area contributed by atoms with Gasteiger partial charge in [0.1, 0.15) is 0 Å². The molecule has 0 aliphatic heterocycles. The van der Waals surface area contributed by atoms with Crippen molar-refractivity contribution < 1.29 is 18.7 Å². The summed E-state index contributed by atoms with van der Waals surface area (Å²) in [5.74, 6) is -2.18. The molecule has 0 amide bonds. The summed E-state index contributed by atoms with van der Waals surface area (Å²) >= 11 is 1.57. The first kappa shape index (κ1) is 22.9. The third kappa shape index (κ3) is 5.00. The predicted octanol–water partition coefficient (Wildman–Crippen LogP) is 6.86. The maximum Gasteiger partial charge on any atom is 0.304 e. The van der Waals surface area contributed by atoms with E-state index >= 15 is 0 Å². The number of aromatic nitrogens is 2. The second kappa shape index (κ2) is 9.80. The maximum atomic E-state index is 13.6. The lowest BCUT2D eigenvalue weighted by Gasteiger charge is -2.19. The van der Waals surface area contributed by atoms with Crippen molar-refractivity contribution >= 4 is 52.9 Å². The van der Waals surface area contributed by atoms with Crippen LogP contribution in [0, 0.1) is 11.6 Å². The number of aliphatic carboxylic acids is 1. The molecule has 4 nitrogen and oxygen atoms in total. The summed E-state index contributed by atoms with van der Waals surface area (Å²) < 4.78 is 27.1. The molecule has 0 saturated heterocycles. The van der Waals surface area contributed by atoms with E-state index in [-0.39, 0.29) is 11.7 Å². The van der Waals surface area contributed by atoms with E-state index in [2.05, 4.69) is 22.1 Å². The average Bonchev–Trinajstić information content (AvgIpc) is 3.00. The molecule has 1 N–H and O–H groups in total. The molecule has 4 aromatic rings. The lowest BCUT2D eigenvalue weighted by atomic mass is 9.99. The summed E-state index contributed by atoms with van der Waals surface area (Å²) in [5, 5.41) is 9.53. The Morgan fingerprint density at radius 2 is 1.83 bits per heavy atom. The molecule has 174 valence electrons. The largest absolute Gasteiger partial charge is 0.481 e. The van der Waals surface area contributed by atoms with E-state index in [0.717, 1.165) is 40.1 Å². The van der Waals surface area contributed by atoms with Crippen LogP contribution in [0.5, 0.6) is 0 Å². The maximum absolute atomic E-state index is 13.6. The fraction of sp³-hybridized carbons (Fsp3) is 0.107. The molecule has 0 fully saturated rings. The normalized spacial score (nSPS) is 14.6. The highest BCUT2D eigenvalue weighted by atomic mass is 32.2. The van der Waals surface area contributed by atoms with E-state index in [0.29, 0.717) is 22.3 Å². The highest BCUT2D eigenvalue weighted by Gasteiger charge is 2.23. The van der Waals surface area contributed by atoms with E-state index in [1.165, 1.54) is 0 Å². The molecule has 5 rings (SSSR count). The first-order valence-electron chi connectivity index (χ1n) is 11.0. The van der Waals surface area contributed by atoms with E-state index in [1.54, 1.807) is 30.1 Å². The number of carboxylic acid groups (broad SMARTS) is 1. The lowest BCUT2D eigenvalue weighted by Crippen LogP contribution is -2.05. The highest BCUT2D eigenvalue weighted by molar-refractivity contribution is 7.99. The number of pyridine rings is 2. The second-order valence-corrected chi connectivity index (χ2v) is 9.34. The van der Waals surface area contributed by atoms with E-state index < -0.39 is 17.6 Å². The predicted molar refractivity (Wildman–Crippen MR) is 137 cm³/mol. The minimum atomic E-state index is -0.926. The number of carboxylic acids is 1. The molecule has 35 heavy (non-hydrogen) atoms. The fourth-order valence-electron chi connectivity index (χ4n) is 4.03. The van der Waals surface area contributed by atoms with Crippen LogP contribution in [0.2, 0.25) is 0 Å². The van der Waals surface area contributed by atoms with Gasteiger partial charge in [-0.2, -0.15) is 0 Å². The lowest BCUT2D eigenvalue weighted by molar-refractivity contribution is -0.136. The summed E-state index contributed by atoms with van der Waals surface area (Å²) in [7, 11) is 0. The standard InChI is InChI=1S/C28H20F2N2O2S/c29-23-15-20-8-10-21(32-25(20)16-24(23)30)9-4-17-3-5-18-6-7-19-2-1-12-31-27(19)28(22(18)14-17)35-13-11-26(33)34/h1-10,12,14-16,28H,11,13H2,(H,33,34)/b9-4+. The monoisotopic (exact) mass is 486 g/mol. The SMILES string of the molecule is O=C(O)CCSC1c2cc(/C=C/c3ccc4cc(F)c(F)cc4n3)ccc2C=Cc2cccnc21. The van der Waals surface area contributed by atoms with Gasteiger partial charge >= 0.3 is 5.97 Å². The first-order valence-corrected chi connectivity index (χ1v) is 12.1. The van der Waals surface area contributed by atoms with Gasteiger partial charge in [0.05, 0.1) is 28.6 Å². The van der Waals surface area contributed by atoms with Crippen LogP contribution in [0.3, 0.4) is 0 Å². The smallest absolute Gasteiger partial charge is 0.304 e.